The molecule has 0 aliphatic rings. The van der Waals surface area contributed by atoms with Gasteiger partial charge in [-0.05, 0) is 30.5 Å². The summed E-state index contributed by atoms with van der Waals surface area (Å²) in [6, 6.07) is 6.87. The molecular formula is C14H20Cl2N2O2. The molecule has 0 fully saturated rings. The Hall–Kier alpha value is -0.970. The number of benzene rings is 1. The standard InChI is InChI=1S/C14H20Cl2N2O2/c15-6-1-8-18(9-7-16)12-4-2-11(3-5-12)10-13(17)14(19)20/h2-5,13H,1,6-10,17H2,(H,19,20)/t13-/m0/s1. The van der Waals surface area contributed by atoms with Crippen LogP contribution in [0.4, 0.5) is 5.69 Å². The van der Waals surface area contributed by atoms with Crippen molar-refractivity contribution in [2.45, 2.75) is 18.9 Å². The fourth-order valence-corrected chi connectivity index (χ4v) is 2.23. The monoisotopic (exact) mass is 318 g/mol. The minimum absolute atomic E-state index is 0.326. The first-order valence-corrected chi connectivity index (χ1v) is 7.59. The molecule has 20 heavy (non-hydrogen) atoms. The van der Waals surface area contributed by atoms with E-state index < -0.39 is 12.0 Å². The highest BCUT2D eigenvalue weighted by molar-refractivity contribution is 6.18. The number of carbonyl (C=O) groups is 1. The molecule has 0 amide bonds. The van der Waals surface area contributed by atoms with Crippen LogP contribution in [0.1, 0.15) is 12.0 Å². The molecule has 0 spiro atoms. The minimum Gasteiger partial charge on any atom is -0.480 e. The van der Waals surface area contributed by atoms with E-state index in [1.165, 1.54) is 0 Å². The summed E-state index contributed by atoms with van der Waals surface area (Å²) in [5.41, 5.74) is 7.49. The molecule has 1 aromatic carbocycles. The number of rotatable bonds is 9. The Morgan fingerprint density at radius 2 is 1.85 bits per heavy atom. The van der Waals surface area contributed by atoms with Gasteiger partial charge in [0.1, 0.15) is 6.04 Å². The van der Waals surface area contributed by atoms with Crippen molar-refractivity contribution >= 4 is 34.9 Å². The van der Waals surface area contributed by atoms with Crippen molar-refractivity contribution in [3.8, 4) is 0 Å². The van der Waals surface area contributed by atoms with E-state index in [-0.39, 0.29) is 0 Å². The number of hydrogen-bond acceptors (Lipinski definition) is 3. The molecule has 0 radical (unpaired) electrons. The lowest BCUT2D eigenvalue weighted by Gasteiger charge is -2.23. The largest absolute Gasteiger partial charge is 0.480 e. The van der Waals surface area contributed by atoms with Crippen molar-refractivity contribution in [3.05, 3.63) is 29.8 Å². The van der Waals surface area contributed by atoms with Gasteiger partial charge in [0, 0.05) is 30.5 Å². The van der Waals surface area contributed by atoms with E-state index in [1.807, 2.05) is 24.3 Å². The summed E-state index contributed by atoms with van der Waals surface area (Å²) in [5, 5.41) is 8.79. The summed E-state index contributed by atoms with van der Waals surface area (Å²) in [6.07, 6.45) is 1.22. The van der Waals surface area contributed by atoms with Crippen molar-refractivity contribution < 1.29 is 9.90 Å². The summed E-state index contributed by atoms with van der Waals surface area (Å²) in [7, 11) is 0. The van der Waals surface area contributed by atoms with E-state index >= 15 is 0 Å². The third kappa shape index (κ3) is 5.57. The van der Waals surface area contributed by atoms with Crippen molar-refractivity contribution in [1.82, 2.24) is 0 Å². The maximum absolute atomic E-state index is 10.7. The molecule has 0 bridgehead atoms. The summed E-state index contributed by atoms with van der Waals surface area (Å²) in [6.45, 7) is 1.61. The minimum atomic E-state index is -0.986. The Morgan fingerprint density at radius 3 is 2.35 bits per heavy atom. The van der Waals surface area contributed by atoms with Gasteiger partial charge >= 0.3 is 5.97 Å². The average molecular weight is 319 g/mol. The fourth-order valence-electron chi connectivity index (χ4n) is 1.91. The zero-order chi connectivity index (χ0) is 15.0. The third-order valence-corrected chi connectivity index (χ3v) is 3.43. The maximum atomic E-state index is 10.7. The molecule has 0 aliphatic carbocycles. The fraction of sp³-hybridized carbons (Fsp3) is 0.500. The van der Waals surface area contributed by atoms with E-state index in [9.17, 15) is 4.79 Å². The Labute approximate surface area is 129 Å². The second kappa shape index (κ2) is 9.06. The smallest absolute Gasteiger partial charge is 0.320 e. The average Bonchev–Trinajstić information content (AvgIpc) is 2.44. The van der Waals surface area contributed by atoms with Gasteiger partial charge < -0.3 is 15.7 Å². The van der Waals surface area contributed by atoms with Gasteiger partial charge in [-0.15, -0.1) is 23.2 Å². The van der Waals surface area contributed by atoms with Crippen LogP contribution in [-0.2, 0) is 11.2 Å². The van der Waals surface area contributed by atoms with Crippen LogP contribution < -0.4 is 10.6 Å². The van der Waals surface area contributed by atoms with Gasteiger partial charge in [-0.25, -0.2) is 0 Å². The molecule has 3 N–H and O–H groups in total. The number of halogens is 2. The SMILES string of the molecule is N[C@@H](Cc1ccc(N(CCCl)CCCCl)cc1)C(=O)O. The number of alkyl halides is 2. The van der Waals surface area contributed by atoms with Gasteiger partial charge in [-0.3, -0.25) is 4.79 Å². The number of aliphatic carboxylic acids is 1. The van der Waals surface area contributed by atoms with Gasteiger partial charge in [0.05, 0.1) is 0 Å². The summed E-state index contributed by atoms with van der Waals surface area (Å²) < 4.78 is 0. The molecular weight excluding hydrogens is 299 g/mol. The number of carboxylic acid groups (broad SMARTS) is 1. The lowest BCUT2D eigenvalue weighted by Crippen LogP contribution is -2.32. The molecule has 0 unspecified atom stereocenters. The van der Waals surface area contributed by atoms with Crippen molar-refractivity contribution in [3.63, 3.8) is 0 Å². The van der Waals surface area contributed by atoms with Gasteiger partial charge in [0.25, 0.3) is 0 Å². The van der Waals surface area contributed by atoms with E-state index in [1.54, 1.807) is 0 Å². The van der Waals surface area contributed by atoms with Crippen molar-refractivity contribution in [2.24, 2.45) is 5.73 Å². The molecule has 112 valence electrons. The normalized spacial score (nSPS) is 12.2. The second-order valence-electron chi connectivity index (χ2n) is 4.53. The molecule has 1 atom stereocenters. The van der Waals surface area contributed by atoms with E-state index in [0.717, 1.165) is 30.8 Å². The van der Waals surface area contributed by atoms with Gasteiger partial charge in [-0.1, -0.05) is 12.1 Å². The number of carboxylic acids is 1. The first-order chi connectivity index (χ1) is 9.58. The zero-order valence-electron chi connectivity index (χ0n) is 11.3. The lowest BCUT2D eigenvalue weighted by molar-refractivity contribution is -0.138. The number of nitrogens with two attached hydrogens (primary N) is 1. The number of anilines is 1. The van der Waals surface area contributed by atoms with Gasteiger partial charge in [-0.2, -0.15) is 0 Å². The molecule has 0 saturated carbocycles. The van der Waals surface area contributed by atoms with Crippen molar-refractivity contribution in [2.75, 3.05) is 29.7 Å². The van der Waals surface area contributed by atoms with Crippen LogP contribution in [0.15, 0.2) is 24.3 Å². The first-order valence-electron chi connectivity index (χ1n) is 6.52. The van der Waals surface area contributed by atoms with Gasteiger partial charge in [0.2, 0.25) is 0 Å². The van der Waals surface area contributed by atoms with Crippen LogP contribution in [0.3, 0.4) is 0 Å². The molecule has 6 heteroatoms. The Bertz CT molecular complexity index is 412. The predicted octanol–water partition coefficient (Wildman–Crippen LogP) is 2.32. The molecule has 1 rings (SSSR count). The summed E-state index contributed by atoms with van der Waals surface area (Å²) in [4.78, 5) is 12.9. The van der Waals surface area contributed by atoms with Crippen LogP contribution in [0, 0.1) is 0 Å². The number of hydrogen-bond donors (Lipinski definition) is 2. The van der Waals surface area contributed by atoms with Crippen molar-refractivity contribution in [1.29, 1.82) is 0 Å². The molecule has 4 nitrogen and oxygen atoms in total. The molecule has 1 aromatic rings. The topological polar surface area (TPSA) is 66.6 Å². The summed E-state index contributed by atoms with van der Waals surface area (Å²) >= 11 is 11.5. The highest BCUT2D eigenvalue weighted by Crippen LogP contribution is 2.17. The van der Waals surface area contributed by atoms with Gasteiger partial charge in [0.15, 0.2) is 0 Å². The van der Waals surface area contributed by atoms with Crippen LogP contribution >= 0.6 is 23.2 Å². The quantitative estimate of drug-likeness (QED) is 0.686. The Morgan fingerprint density at radius 1 is 1.20 bits per heavy atom. The zero-order valence-corrected chi connectivity index (χ0v) is 12.8. The van der Waals surface area contributed by atoms with E-state index in [0.29, 0.717) is 18.2 Å². The number of nitrogens with zero attached hydrogens (tertiary/aromatic N) is 1. The highest BCUT2D eigenvalue weighted by atomic mass is 35.5. The third-order valence-electron chi connectivity index (χ3n) is 2.99. The molecule has 0 saturated heterocycles. The second-order valence-corrected chi connectivity index (χ2v) is 5.29. The molecule has 0 heterocycles. The maximum Gasteiger partial charge on any atom is 0.320 e. The Balaban J connectivity index is 2.69. The van der Waals surface area contributed by atoms with E-state index in [2.05, 4.69) is 4.90 Å². The highest BCUT2D eigenvalue weighted by Gasteiger charge is 2.12. The van der Waals surface area contributed by atoms with Crippen LogP contribution in [0.25, 0.3) is 0 Å². The Kier molecular flexibility index (Phi) is 7.73. The molecule has 0 aliphatic heterocycles. The first kappa shape index (κ1) is 17.1. The van der Waals surface area contributed by atoms with Crippen LogP contribution in [0.5, 0.6) is 0 Å². The predicted molar refractivity (Wildman–Crippen MR) is 84.0 cm³/mol. The van der Waals surface area contributed by atoms with E-state index in [4.69, 9.17) is 34.0 Å². The summed E-state index contributed by atoms with van der Waals surface area (Å²) in [5.74, 6) is 0.179. The van der Waals surface area contributed by atoms with Crippen LogP contribution in [-0.4, -0.2) is 42.0 Å². The molecule has 0 aromatic heterocycles. The van der Waals surface area contributed by atoms with Crippen LogP contribution in [0.2, 0.25) is 0 Å². The lowest BCUT2D eigenvalue weighted by atomic mass is 10.1.